The molecule has 1 aromatic rings. The predicted octanol–water partition coefficient (Wildman–Crippen LogP) is 1.42. The van der Waals surface area contributed by atoms with Gasteiger partial charge in [0.25, 0.3) is 5.91 Å². The third-order valence-corrected chi connectivity index (χ3v) is 6.79. The Morgan fingerprint density at radius 2 is 2.18 bits per heavy atom. The number of hydrogen-bond donors (Lipinski definition) is 1. The van der Waals surface area contributed by atoms with Crippen LogP contribution in [0.2, 0.25) is 0 Å². The van der Waals surface area contributed by atoms with Gasteiger partial charge in [-0.2, -0.15) is 0 Å². The van der Waals surface area contributed by atoms with Gasteiger partial charge >= 0.3 is 5.97 Å². The van der Waals surface area contributed by atoms with Crippen LogP contribution in [0, 0.1) is 0 Å². The first kappa shape index (κ1) is 18.9. The van der Waals surface area contributed by atoms with Gasteiger partial charge < -0.3 is 24.4 Å². The van der Waals surface area contributed by atoms with Crippen LogP contribution in [0.25, 0.3) is 0 Å². The highest BCUT2D eigenvalue weighted by Crippen LogP contribution is 2.47. The number of thioether (sulfide) groups is 1. The molecule has 28 heavy (non-hydrogen) atoms. The summed E-state index contributed by atoms with van der Waals surface area (Å²) < 4.78 is 15.9. The molecule has 4 rings (SSSR count). The first-order valence-electron chi connectivity index (χ1n) is 9.20. The molecule has 1 aromatic carbocycles. The molecule has 3 aliphatic heterocycles. The van der Waals surface area contributed by atoms with Crippen LogP contribution >= 0.6 is 11.8 Å². The number of rotatable bonds is 5. The molecular formula is C19H22N2O6S. The van der Waals surface area contributed by atoms with Crippen molar-refractivity contribution in [1.29, 1.82) is 0 Å². The highest BCUT2D eigenvalue weighted by atomic mass is 32.2. The van der Waals surface area contributed by atoms with Gasteiger partial charge in [0.15, 0.2) is 17.6 Å². The van der Waals surface area contributed by atoms with Crippen molar-refractivity contribution in [3.63, 3.8) is 0 Å². The van der Waals surface area contributed by atoms with Gasteiger partial charge in [-0.05, 0) is 38.0 Å². The van der Waals surface area contributed by atoms with Gasteiger partial charge in [0.05, 0.1) is 4.87 Å². The zero-order chi connectivity index (χ0) is 19.9. The van der Waals surface area contributed by atoms with E-state index in [4.69, 9.17) is 14.2 Å². The summed E-state index contributed by atoms with van der Waals surface area (Å²) in [6.45, 7) is 3.97. The number of carbonyl (C=O) groups excluding carboxylic acids is 3. The first-order valence-corrected chi connectivity index (χ1v) is 10.2. The maximum absolute atomic E-state index is 12.6. The third kappa shape index (κ3) is 3.39. The molecule has 9 heteroatoms. The van der Waals surface area contributed by atoms with Crippen molar-refractivity contribution < 1.29 is 28.6 Å². The summed E-state index contributed by atoms with van der Waals surface area (Å²) in [6, 6.07) is 4.79. The molecule has 3 heterocycles. The van der Waals surface area contributed by atoms with Gasteiger partial charge in [-0.1, -0.05) is 6.07 Å². The Morgan fingerprint density at radius 1 is 1.39 bits per heavy atom. The minimum absolute atomic E-state index is 0.0330. The number of nitrogens with zero attached hydrogens (tertiary/aromatic N) is 1. The lowest BCUT2D eigenvalue weighted by molar-refractivity contribution is -0.161. The van der Waals surface area contributed by atoms with E-state index >= 15 is 0 Å². The Balaban J connectivity index is 1.31. The Morgan fingerprint density at radius 3 is 3.00 bits per heavy atom. The molecule has 3 aliphatic rings. The van der Waals surface area contributed by atoms with Gasteiger partial charge in [-0.25, -0.2) is 4.79 Å². The van der Waals surface area contributed by atoms with Gasteiger partial charge in [0.2, 0.25) is 12.7 Å². The summed E-state index contributed by atoms with van der Waals surface area (Å²) in [5.41, 5.74) is 0.849. The predicted molar refractivity (Wildman–Crippen MR) is 101 cm³/mol. The average Bonchev–Trinajstić information content (AvgIpc) is 3.34. The quantitative estimate of drug-likeness (QED) is 0.739. The summed E-state index contributed by atoms with van der Waals surface area (Å²) in [7, 11) is 0. The molecule has 150 valence electrons. The maximum atomic E-state index is 12.6. The molecule has 2 fully saturated rings. The standard InChI is InChI=1S/C19H22N2O6S/c1-11(17(23)20-8-12-3-4-14-15(7-12)26-10-25-14)27-18(24)13-9-28-19(2)6-5-16(22)21(13)19/h3-4,7,11,13H,5-6,8-10H2,1-2H3,(H,20,23)/t11-,13-,19-/m0/s1. The van der Waals surface area contributed by atoms with Crippen LogP contribution in [0.15, 0.2) is 18.2 Å². The summed E-state index contributed by atoms with van der Waals surface area (Å²) >= 11 is 1.59. The monoisotopic (exact) mass is 406 g/mol. The van der Waals surface area contributed by atoms with E-state index in [9.17, 15) is 14.4 Å². The van der Waals surface area contributed by atoms with E-state index in [1.165, 1.54) is 6.92 Å². The van der Waals surface area contributed by atoms with Crippen LogP contribution < -0.4 is 14.8 Å². The minimum Gasteiger partial charge on any atom is -0.454 e. The number of amides is 2. The molecule has 0 saturated carbocycles. The summed E-state index contributed by atoms with van der Waals surface area (Å²) in [6.07, 6.45) is 0.223. The molecule has 0 radical (unpaired) electrons. The average molecular weight is 406 g/mol. The third-order valence-electron chi connectivity index (χ3n) is 5.28. The van der Waals surface area contributed by atoms with Crippen molar-refractivity contribution in [2.24, 2.45) is 0 Å². The second-order valence-electron chi connectivity index (χ2n) is 7.25. The Labute approximate surface area is 166 Å². The lowest BCUT2D eigenvalue weighted by Gasteiger charge is -2.29. The number of ether oxygens (including phenoxy) is 3. The van der Waals surface area contributed by atoms with Crippen LogP contribution in [0.5, 0.6) is 11.5 Å². The van der Waals surface area contributed by atoms with Crippen LogP contribution in [-0.4, -0.2) is 52.2 Å². The molecule has 8 nitrogen and oxygen atoms in total. The van der Waals surface area contributed by atoms with Crippen LogP contribution in [0.4, 0.5) is 0 Å². The number of benzene rings is 1. The maximum Gasteiger partial charge on any atom is 0.330 e. The number of nitrogens with one attached hydrogen (secondary N) is 1. The molecule has 2 saturated heterocycles. The molecule has 0 bridgehead atoms. The summed E-state index contributed by atoms with van der Waals surface area (Å²) in [5.74, 6) is 0.851. The number of carbonyl (C=O) groups is 3. The molecule has 0 spiro atoms. The normalized spacial score (nSPS) is 26.1. The van der Waals surface area contributed by atoms with Gasteiger partial charge in [0.1, 0.15) is 6.04 Å². The lowest BCUT2D eigenvalue weighted by atomic mass is 10.2. The van der Waals surface area contributed by atoms with Crippen molar-refractivity contribution in [3.05, 3.63) is 23.8 Å². The molecular weight excluding hydrogens is 384 g/mol. The SMILES string of the molecule is C[C@H](OC(=O)[C@@H]1CS[C@@]2(C)CCC(=O)N12)C(=O)NCc1ccc2c(c1)OCO2. The zero-order valence-electron chi connectivity index (χ0n) is 15.7. The van der Waals surface area contributed by atoms with Crippen molar-refractivity contribution in [2.45, 2.75) is 50.3 Å². The van der Waals surface area contributed by atoms with Gasteiger partial charge in [-0.15, -0.1) is 11.8 Å². The fraction of sp³-hybridized carbons (Fsp3) is 0.526. The number of hydrogen-bond acceptors (Lipinski definition) is 7. The fourth-order valence-corrected chi connectivity index (χ4v) is 5.10. The van der Waals surface area contributed by atoms with Crippen molar-refractivity contribution >= 4 is 29.5 Å². The molecule has 3 atom stereocenters. The smallest absolute Gasteiger partial charge is 0.330 e. The van der Waals surface area contributed by atoms with E-state index in [1.807, 2.05) is 13.0 Å². The van der Waals surface area contributed by atoms with Crippen molar-refractivity contribution in [3.8, 4) is 11.5 Å². The van der Waals surface area contributed by atoms with Crippen LogP contribution in [-0.2, 0) is 25.7 Å². The molecule has 1 N–H and O–H groups in total. The van der Waals surface area contributed by atoms with E-state index in [2.05, 4.69) is 5.32 Å². The second-order valence-corrected chi connectivity index (χ2v) is 8.75. The van der Waals surface area contributed by atoms with Crippen LogP contribution in [0.3, 0.4) is 0 Å². The van der Waals surface area contributed by atoms with E-state index in [-0.39, 0.29) is 24.1 Å². The van der Waals surface area contributed by atoms with Gasteiger partial charge in [0, 0.05) is 18.7 Å². The highest BCUT2D eigenvalue weighted by Gasteiger charge is 2.53. The highest BCUT2D eigenvalue weighted by molar-refractivity contribution is 8.01. The van der Waals surface area contributed by atoms with Crippen LogP contribution in [0.1, 0.15) is 32.3 Å². The van der Waals surface area contributed by atoms with Gasteiger partial charge in [-0.3, -0.25) is 9.59 Å². The van der Waals surface area contributed by atoms with E-state index < -0.39 is 24.0 Å². The van der Waals surface area contributed by atoms with Crippen molar-refractivity contribution in [1.82, 2.24) is 10.2 Å². The number of fused-ring (bicyclic) bond motifs is 2. The van der Waals surface area contributed by atoms with Crippen molar-refractivity contribution in [2.75, 3.05) is 12.5 Å². The molecule has 0 aliphatic carbocycles. The Kier molecular flexibility index (Phi) is 4.86. The lowest BCUT2D eigenvalue weighted by Crippen LogP contribution is -2.48. The molecule has 0 unspecified atom stereocenters. The van der Waals surface area contributed by atoms with E-state index in [1.54, 1.807) is 28.8 Å². The topological polar surface area (TPSA) is 94.2 Å². The Hall–Kier alpha value is -2.42. The fourth-order valence-electron chi connectivity index (χ4n) is 3.69. The first-order chi connectivity index (χ1) is 13.4. The number of esters is 1. The second kappa shape index (κ2) is 7.20. The van der Waals surface area contributed by atoms with E-state index in [0.29, 0.717) is 23.7 Å². The summed E-state index contributed by atoms with van der Waals surface area (Å²) in [4.78, 5) is 38.3. The Bertz CT molecular complexity index is 831. The minimum atomic E-state index is -0.948. The summed E-state index contributed by atoms with van der Waals surface area (Å²) in [5, 5.41) is 2.75. The van der Waals surface area contributed by atoms with E-state index in [0.717, 1.165) is 12.0 Å². The molecule has 0 aromatic heterocycles. The zero-order valence-corrected chi connectivity index (χ0v) is 16.5. The molecule has 2 amide bonds. The largest absolute Gasteiger partial charge is 0.454 e.